The van der Waals surface area contributed by atoms with Crippen LogP contribution in [0.25, 0.3) is 38.7 Å². The molecule has 5 heteroatoms. The highest BCUT2D eigenvalue weighted by Crippen LogP contribution is 2.38. The first-order chi connectivity index (χ1) is 13.8. The Morgan fingerprint density at radius 2 is 1.50 bits per heavy atom. The minimum atomic E-state index is -0.442. The van der Waals surface area contributed by atoms with E-state index in [1.807, 2.05) is 72.8 Å². The maximum Gasteiger partial charge on any atom is 0.435 e. The Bertz CT molecular complexity index is 1430. The van der Waals surface area contributed by atoms with E-state index in [-0.39, 0.29) is 0 Å². The summed E-state index contributed by atoms with van der Waals surface area (Å²) in [6, 6.07) is 27.2. The standard InChI is InChI=1S/C23H13N3O2/c24-14-15-11-12-19-18(13-15)20(16-7-3-1-4-8-16)21(17-9-5-2-6-10-17)22-23(27)28-25-26(19)22/h1-13H/p+1. The van der Waals surface area contributed by atoms with E-state index in [2.05, 4.69) is 11.3 Å². The molecule has 0 aliphatic carbocycles. The Hall–Kier alpha value is -4.17. The number of nitrogens with one attached hydrogen (secondary N) is 1. The number of nitrogens with zero attached hydrogens (tertiary/aromatic N) is 2. The fourth-order valence-corrected chi connectivity index (χ4v) is 3.70. The Kier molecular flexibility index (Phi) is 3.56. The molecule has 0 aliphatic heterocycles. The second kappa shape index (κ2) is 6.22. The summed E-state index contributed by atoms with van der Waals surface area (Å²) >= 11 is 0. The highest BCUT2D eigenvalue weighted by atomic mass is 16.5. The SMILES string of the molecule is N#Cc1ccc2c(c1)c(-c1ccccc1)c(-c1ccccc1)c1c(=O)o[nH][n+]12. The van der Waals surface area contributed by atoms with Crippen LogP contribution in [-0.2, 0) is 0 Å². The molecule has 0 atom stereocenters. The number of fused-ring (bicyclic) bond motifs is 3. The highest BCUT2D eigenvalue weighted by Gasteiger charge is 2.28. The van der Waals surface area contributed by atoms with E-state index in [0.717, 1.165) is 33.2 Å². The van der Waals surface area contributed by atoms with Crippen molar-refractivity contribution in [2.24, 2.45) is 0 Å². The first kappa shape index (κ1) is 16.0. The summed E-state index contributed by atoms with van der Waals surface area (Å²) in [4.78, 5) is 12.7. The largest absolute Gasteiger partial charge is 0.435 e. The van der Waals surface area contributed by atoms with Gasteiger partial charge in [0.25, 0.3) is 0 Å². The maximum absolute atomic E-state index is 12.7. The lowest BCUT2D eigenvalue weighted by atomic mass is 9.90. The first-order valence-corrected chi connectivity index (χ1v) is 8.82. The van der Waals surface area contributed by atoms with E-state index in [0.29, 0.717) is 11.1 Å². The van der Waals surface area contributed by atoms with E-state index in [1.54, 1.807) is 10.6 Å². The molecule has 5 aromatic rings. The fourth-order valence-electron chi connectivity index (χ4n) is 3.70. The van der Waals surface area contributed by atoms with Crippen LogP contribution in [0.1, 0.15) is 5.56 Å². The lowest BCUT2D eigenvalue weighted by Crippen LogP contribution is -2.27. The number of pyridine rings is 1. The van der Waals surface area contributed by atoms with E-state index >= 15 is 0 Å². The second-order valence-electron chi connectivity index (χ2n) is 6.49. The molecule has 0 fully saturated rings. The fraction of sp³-hybridized carbons (Fsp3) is 0. The number of H-pyrrole nitrogens is 1. The van der Waals surface area contributed by atoms with Gasteiger partial charge in [-0.3, -0.25) is 4.52 Å². The van der Waals surface area contributed by atoms with Crippen LogP contribution in [0.15, 0.2) is 88.2 Å². The van der Waals surface area contributed by atoms with Crippen LogP contribution in [0.4, 0.5) is 0 Å². The van der Waals surface area contributed by atoms with Crippen LogP contribution in [0.2, 0.25) is 0 Å². The van der Waals surface area contributed by atoms with Gasteiger partial charge in [0.2, 0.25) is 5.52 Å². The summed E-state index contributed by atoms with van der Waals surface area (Å²) < 4.78 is 6.80. The second-order valence-corrected chi connectivity index (χ2v) is 6.49. The van der Waals surface area contributed by atoms with Crippen molar-refractivity contribution in [2.45, 2.75) is 0 Å². The van der Waals surface area contributed by atoms with Gasteiger partial charge in [0.1, 0.15) is 0 Å². The van der Waals surface area contributed by atoms with E-state index < -0.39 is 5.63 Å². The minimum absolute atomic E-state index is 0.433. The van der Waals surface area contributed by atoms with Gasteiger partial charge in [-0.25, -0.2) is 4.79 Å². The molecule has 5 rings (SSSR count). The zero-order valence-corrected chi connectivity index (χ0v) is 14.7. The molecule has 0 aliphatic rings. The lowest BCUT2D eigenvalue weighted by Gasteiger charge is -2.11. The van der Waals surface area contributed by atoms with Gasteiger partial charge in [-0.1, -0.05) is 60.7 Å². The molecule has 132 valence electrons. The van der Waals surface area contributed by atoms with Crippen molar-refractivity contribution >= 4 is 16.4 Å². The summed E-state index contributed by atoms with van der Waals surface area (Å²) in [6.07, 6.45) is 0. The van der Waals surface area contributed by atoms with Gasteiger partial charge in [-0.2, -0.15) is 5.26 Å². The highest BCUT2D eigenvalue weighted by molar-refractivity contribution is 6.05. The third-order valence-corrected chi connectivity index (χ3v) is 4.89. The van der Waals surface area contributed by atoms with E-state index in [1.165, 1.54) is 0 Å². The maximum atomic E-state index is 12.7. The van der Waals surface area contributed by atoms with Crippen LogP contribution < -0.4 is 10.1 Å². The van der Waals surface area contributed by atoms with Crippen molar-refractivity contribution in [3.8, 4) is 28.3 Å². The molecular weight excluding hydrogens is 350 g/mol. The van der Waals surface area contributed by atoms with Crippen molar-refractivity contribution in [3.05, 3.63) is 94.8 Å². The lowest BCUT2D eigenvalue weighted by molar-refractivity contribution is -0.567. The summed E-state index contributed by atoms with van der Waals surface area (Å²) in [6.45, 7) is 0. The number of hydrogen-bond donors (Lipinski definition) is 1. The molecule has 0 radical (unpaired) electrons. The number of aromatic amines is 1. The van der Waals surface area contributed by atoms with Gasteiger partial charge in [0.05, 0.1) is 22.6 Å². The van der Waals surface area contributed by atoms with Crippen molar-refractivity contribution in [2.75, 3.05) is 0 Å². The predicted octanol–water partition coefficient (Wildman–Crippen LogP) is 4.07. The quantitative estimate of drug-likeness (QED) is 0.480. The monoisotopic (exact) mass is 364 g/mol. The van der Waals surface area contributed by atoms with E-state index in [9.17, 15) is 10.1 Å². The average Bonchev–Trinajstić information content (AvgIpc) is 3.15. The molecule has 2 aromatic heterocycles. The normalized spacial score (nSPS) is 11.0. The Morgan fingerprint density at radius 1 is 0.857 bits per heavy atom. The molecule has 0 spiro atoms. The Morgan fingerprint density at radius 3 is 2.14 bits per heavy atom. The van der Waals surface area contributed by atoms with Gasteiger partial charge in [-0.05, 0) is 33.0 Å². The van der Waals surface area contributed by atoms with Crippen molar-refractivity contribution in [3.63, 3.8) is 0 Å². The summed E-state index contributed by atoms with van der Waals surface area (Å²) in [7, 11) is 0. The Balaban J connectivity index is 2.10. The molecule has 2 heterocycles. The van der Waals surface area contributed by atoms with Crippen molar-refractivity contribution in [1.82, 2.24) is 5.27 Å². The van der Waals surface area contributed by atoms with Crippen molar-refractivity contribution < 1.29 is 9.04 Å². The van der Waals surface area contributed by atoms with Crippen molar-refractivity contribution in [1.29, 1.82) is 5.26 Å². The summed E-state index contributed by atoms with van der Waals surface area (Å²) in [5.74, 6) is 0. The van der Waals surface area contributed by atoms with Crippen LogP contribution in [-0.4, -0.2) is 5.27 Å². The van der Waals surface area contributed by atoms with Gasteiger partial charge in [0.15, 0.2) is 0 Å². The zero-order chi connectivity index (χ0) is 19.1. The van der Waals surface area contributed by atoms with Crippen LogP contribution in [0, 0.1) is 11.3 Å². The zero-order valence-electron chi connectivity index (χ0n) is 14.7. The van der Waals surface area contributed by atoms with Crippen LogP contribution >= 0.6 is 0 Å². The predicted molar refractivity (Wildman–Crippen MR) is 106 cm³/mol. The molecule has 5 nitrogen and oxygen atoms in total. The number of benzene rings is 3. The summed E-state index contributed by atoms with van der Waals surface area (Å²) in [5.41, 5.74) is 4.83. The molecule has 0 saturated heterocycles. The third-order valence-electron chi connectivity index (χ3n) is 4.89. The van der Waals surface area contributed by atoms with Crippen LogP contribution in [0.5, 0.6) is 0 Å². The summed E-state index contributed by atoms with van der Waals surface area (Å²) in [5, 5.41) is 13.0. The smallest absolute Gasteiger partial charge is 0.282 e. The molecule has 0 saturated carbocycles. The average molecular weight is 364 g/mol. The number of nitriles is 1. The van der Waals surface area contributed by atoms with Gasteiger partial charge >= 0.3 is 11.1 Å². The van der Waals surface area contributed by atoms with Gasteiger partial charge in [0, 0.05) is 11.6 Å². The molecule has 0 amide bonds. The van der Waals surface area contributed by atoms with Crippen LogP contribution in [0.3, 0.4) is 0 Å². The minimum Gasteiger partial charge on any atom is -0.282 e. The molecule has 1 N–H and O–H groups in total. The number of hydrogen-bond acceptors (Lipinski definition) is 3. The van der Waals surface area contributed by atoms with Gasteiger partial charge < -0.3 is 0 Å². The molecule has 28 heavy (non-hydrogen) atoms. The Labute approximate surface area is 159 Å². The number of aromatic nitrogens is 2. The first-order valence-electron chi connectivity index (χ1n) is 8.82. The van der Waals surface area contributed by atoms with E-state index in [4.69, 9.17) is 4.52 Å². The molecule has 3 aromatic carbocycles. The molecular formula is C23H14N3O2+. The molecule has 0 bridgehead atoms. The third kappa shape index (κ3) is 2.32. The van der Waals surface area contributed by atoms with Gasteiger partial charge in [-0.15, -0.1) is 0 Å². The number of rotatable bonds is 2. The topological polar surface area (TPSA) is 73.9 Å². The molecule has 0 unspecified atom stereocenters.